The number of hydrogen-bond acceptors (Lipinski definition) is 4. The van der Waals surface area contributed by atoms with E-state index in [4.69, 9.17) is 9.26 Å². The van der Waals surface area contributed by atoms with Gasteiger partial charge in [0.15, 0.2) is 12.4 Å². The summed E-state index contributed by atoms with van der Waals surface area (Å²) in [6, 6.07) is 7.41. The third kappa shape index (κ3) is 4.34. The van der Waals surface area contributed by atoms with Gasteiger partial charge in [-0.05, 0) is 30.5 Å². The van der Waals surface area contributed by atoms with Gasteiger partial charge in [0.25, 0.3) is 5.91 Å². The van der Waals surface area contributed by atoms with E-state index in [1.165, 1.54) is 0 Å². The van der Waals surface area contributed by atoms with Crippen molar-refractivity contribution < 1.29 is 14.1 Å². The molecule has 1 amide bonds. The molecule has 1 aromatic heterocycles. The van der Waals surface area contributed by atoms with Crippen LogP contribution in [0.15, 0.2) is 33.3 Å². The molecule has 0 bridgehead atoms. The first-order chi connectivity index (χ1) is 10.3. The number of nitrogens with one attached hydrogen (secondary N) is 1. The van der Waals surface area contributed by atoms with Crippen molar-refractivity contribution in [3.05, 3.63) is 40.1 Å². The first kappa shape index (κ1) is 16.5. The van der Waals surface area contributed by atoms with Crippen LogP contribution in [0.3, 0.4) is 0 Å². The Labute approximate surface area is 138 Å². The zero-order valence-electron chi connectivity index (χ0n) is 13.1. The van der Waals surface area contributed by atoms with E-state index in [0.717, 1.165) is 10.0 Å². The fraction of sp³-hybridized carbons (Fsp3) is 0.375. The van der Waals surface area contributed by atoms with Crippen LogP contribution in [0.2, 0.25) is 0 Å². The predicted molar refractivity (Wildman–Crippen MR) is 88.2 cm³/mol. The van der Waals surface area contributed by atoms with Gasteiger partial charge in [-0.1, -0.05) is 41.9 Å². The van der Waals surface area contributed by atoms with Crippen molar-refractivity contribution in [2.75, 3.05) is 11.9 Å². The predicted octanol–water partition coefficient (Wildman–Crippen LogP) is 4.06. The van der Waals surface area contributed by atoms with Gasteiger partial charge in [0, 0.05) is 16.1 Å². The van der Waals surface area contributed by atoms with E-state index in [-0.39, 0.29) is 17.9 Å². The molecule has 2 rings (SSSR count). The minimum absolute atomic E-state index is 0.0845. The average molecular weight is 367 g/mol. The van der Waals surface area contributed by atoms with Crippen LogP contribution in [0.5, 0.6) is 5.75 Å². The van der Waals surface area contributed by atoms with Crippen LogP contribution in [-0.4, -0.2) is 17.7 Å². The van der Waals surface area contributed by atoms with Crippen molar-refractivity contribution in [2.45, 2.75) is 33.1 Å². The molecular formula is C16H19BrN2O3. The maximum Gasteiger partial charge on any atom is 0.263 e. The number of aryl methyl sites for hydroxylation is 1. The molecular weight excluding hydrogens is 348 g/mol. The van der Waals surface area contributed by atoms with Crippen molar-refractivity contribution in [1.29, 1.82) is 0 Å². The Morgan fingerprint density at radius 1 is 1.36 bits per heavy atom. The maximum atomic E-state index is 11.9. The van der Waals surface area contributed by atoms with Gasteiger partial charge in [0.05, 0.1) is 0 Å². The van der Waals surface area contributed by atoms with Crippen LogP contribution < -0.4 is 10.1 Å². The lowest BCUT2D eigenvalue weighted by atomic mass is 9.86. The van der Waals surface area contributed by atoms with Crippen LogP contribution in [0.1, 0.15) is 32.1 Å². The molecule has 0 atom stereocenters. The molecule has 0 saturated carbocycles. The van der Waals surface area contributed by atoms with E-state index < -0.39 is 0 Å². The quantitative estimate of drug-likeness (QED) is 0.885. The number of aromatic nitrogens is 1. The summed E-state index contributed by atoms with van der Waals surface area (Å²) < 4.78 is 11.5. The van der Waals surface area contributed by atoms with Crippen molar-refractivity contribution in [3.8, 4) is 5.75 Å². The monoisotopic (exact) mass is 366 g/mol. The van der Waals surface area contributed by atoms with Gasteiger partial charge in [0.1, 0.15) is 11.5 Å². The number of halogens is 1. The summed E-state index contributed by atoms with van der Waals surface area (Å²) in [4.78, 5) is 11.9. The number of nitrogens with zero attached hydrogens (tertiary/aromatic N) is 1. The highest BCUT2D eigenvalue weighted by Crippen LogP contribution is 2.33. The van der Waals surface area contributed by atoms with E-state index >= 15 is 0 Å². The van der Waals surface area contributed by atoms with E-state index in [2.05, 4.69) is 47.2 Å². The van der Waals surface area contributed by atoms with Gasteiger partial charge in [-0.25, -0.2) is 0 Å². The van der Waals surface area contributed by atoms with E-state index in [1.807, 2.05) is 18.2 Å². The Morgan fingerprint density at radius 3 is 2.68 bits per heavy atom. The number of hydrogen-bond donors (Lipinski definition) is 1. The van der Waals surface area contributed by atoms with Gasteiger partial charge in [-0.15, -0.1) is 0 Å². The summed E-state index contributed by atoms with van der Waals surface area (Å²) in [5.41, 5.74) is 0.950. The summed E-state index contributed by atoms with van der Waals surface area (Å²) in [7, 11) is 0. The first-order valence-corrected chi connectivity index (χ1v) is 7.71. The summed E-state index contributed by atoms with van der Waals surface area (Å²) in [6.45, 7) is 7.97. The molecule has 0 saturated heterocycles. The normalized spacial score (nSPS) is 11.3. The lowest BCUT2D eigenvalue weighted by molar-refractivity contribution is -0.118. The third-order valence-electron chi connectivity index (χ3n) is 3.00. The standard InChI is InChI=1S/C16H19BrN2O3/c1-10-7-14(19-22-10)18-15(20)9-21-13-6-5-11(17)8-12(13)16(2,3)4/h5-8H,9H2,1-4H3,(H,18,19,20). The molecule has 0 aliphatic heterocycles. The topological polar surface area (TPSA) is 64.4 Å². The van der Waals surface area contributed by atoms with Crippen LogP contribution in [0.25, 0.3) is 0 Å². The Balaban J connectivity index is 2.03. The number of ether oxygens (including phenoxy) is 1. The van der Waals surface area contributed by atoms with Crippen LogP contribution in [0.4, 0.5) is 5.82 Å². The number of carbonyl (C=O) groups is 1. The second-order valence-electron chi connectivity index (χ2n) is 6.05. The Morgan fingerprint density at radius 2 is 2.09 bits per heavy atom. The van der Waals surface area contributed by atoms with Crippen molar-refractivity contribution in [2.24, 2.45) is 0 Å². The molecule has 0 fully saturated rings. The summed E-state index contributed by atoms with van der Waals surface area (Å²) in [6.07, 6.45) is 0. The molecule has 118 valence electrons. The van der Waals surface area contributed by atoms with Crippen LogP contribution >= 0.6 is 15.9 Å². The highest BCUT2D eigenvalue weighted by molar-refractivity contribution is 9.10. The molecule has 0 spiro atoms. The van der Waals surface area contributed by atoms with Gasteiger partial charge < -0.3 is 14.6 Å². The van der Waals surface area contributed by atoms with Gasteiger partial charge in [-0.2, -0.15) is 0 Å². The number of benzene rings is 1. The van der Waals surface area contributed by atoms with Crippen LogP contribution in [0, 0.1) is 6.92 Å². The number of rotatable bonds is 4. The molecule has 2 aromatic rings. The van der Waals surface area contributed by atoms with E-state index in [9.17, 15) is 4.79 Å². The lowest BCUT2D eigenvalue weighted by Gasteiger charge is -2.23. The second-order valence-corrected chi connectivity index (χ2v) is 6.97. The number of carbonyl (C=O) groups excluding carboxylic acids is 1. The molecule has 6 heteroatoms. The van der Waals surface area contributed by atoms with Crippen molar-refractivity contribution in [1.82, 2.24) is 5.16 Å². The minimum atomic E-state index is -0.281. The Bertz CT molecular complexity index is 674. The third-order valence-corrected chi connectivity index (χ3v) is 3.50. The van der Waals surface area contributed by atoms with E-state index in [1.54, 1.807) is 13.0 Å². The number of anilines is 1. The SMILES string of the molecule is Cc1cc(NC(=O)COc2ccc(Br)cc2C(C)(C)C)no1. The molecule has 0 unspecified atom stereocenters. The highest BCUT2D eigenvalue weighted by Gasteiger charge is 2.20. The average Bonchev–Trinajstić information content (AvgIpc) is 2.81. The Kier molecular flexibility index (Phi) is 4.90. The Hall–Kier alpha value is -1.82. The number of amides is 1. The first-order valence-electron chi connectivity index (χ1n) is 6.92. The van der Waals surface area contributed by atoms with Crippen LogP contribution in [-0.2, 0) is 10.2 Å². The molecule has 0 aliphatic carbocycles. The summed E-state index contributed by atoms with van der Waals surface area (Å²) in [5.74, 6) is 1.44. The highest BCUT2D eigenvalue weighted by atomic mass is 79.9. The summed E-state index contributed by atoms with van der Waals surface area (Å²) in [5, 5.41) is 6.33. The van der Waals surface area contributed by atoms with Gasteiger partial charge in [-0.3, -0.25) is 4.79 Å². The smallest absolute Gasteiger partial charge is 0.263 e. The molecule has 1 N–H and O–H groups in total. The largest absolute Gasteiger partial charge is 0.483 e. The van der Waals surface area contributed by atoms with Crippen molar-refractivity contribution >= 4 is 27.7 Å². The van der Waals surface area contributed by atoms with Gasteiger partial charge >= 0.3 is 0 Å². The molecule has 0 aliphatic rings. The molecule has 1 heterocycles. The molecule has 1 aromatic carbocycles. The van der Waals surface area contributed by atoms with Gasteiger partial charge in [0.2, 0.25) is 0 Å². The molecule has 0 radical (unpaired) electrons. The zero-order chi connectivity index (χ0) is 16.3. The van der Waals surface area contributed by atoms with Crippen molar-refractivity contribution in [3.63, 3.8) is 0 Å². The maximum absolute atomic E-state index is 11.9. The fourth-order valence-electron chi connectivity index (χ4n) is 1.96. The second kappa shape index (κ2) is 6.52. The fourth-order valence-corrected chi connectivity index (χ4v) is 2.32. The molecule has 22 heavy (non-hydrogen) atoms. The molecule has 5 nitrogen and oxygen atoms in total. The lowest BCUT2D eigenvalue weighted by Crippen LogP contribution is -2.22. The zero-order valence-corrected chi connectivity index (χ0v) is 14.7. The van der Waals surface area contributed by atoms with E-state index in [0.29, 0.717) is 17.3 Å². The summed E-state index contributed by atoms with van der Waals surface area (Å²) >= 11 is 3.46. The minimum Gasteiger partial charge on any atom is -0.483 e.